The second-order valence-electron chi connectivity index (χ2n) is 10.5. The number of aromatic nitrogens is 3. The van der Waals surface area contributed by atoms with Gasteiger partial charge in [0.1, 0.15) is 28.5 Å². The van der Waals surface area contributed by atoms with E-state index in [4.69, 9.17) is 33.6 Å². The van der Waals surface area contributed by atoms with Gasteiger partial charge in [-0.05, 0) is 55.4 Å². The van der Waals surface area contributed by atoms with Gasteiger partial charge in [0.25, 0.3) is 11.8 Å². The molecule has 20 heteroatoms. The van der Waals surface area contributed by atoms with Crippen LogP contribution in [-0.4, -0.2) is 83.1 Å². The van der Waals surface area contributed by atoms with Crippen molar-refractivity contribution in [3.63, 3.8) is 0 Å². The van der Waals surface area contributed by atoms with Crippen LogP contribution in [0.5, 0.6) is 0 Å². The number of fused-ring (bicyclic) bond motifs is 1. The van der Waals surface area contributed by atoms with E-state index in [0.29, 0.717) is 27.3 Å². The van der Waals surface area contributed by atoms with Gasteiger partial charge in [0.2, 0.25) is 17.2 Å². The van der Waals surface area contributed by atoms with Gasteiger partial charge in [0, 0.05) is 21.9 Å². The summed E-state index contributed by atoms with van der Waals surface area (Å²) >= 11 is 9.49. The summed E-state index contributed by atoms with van der Waals surface area (Å²) in [5, 5.41) is 27.5. The van der Waals surface area contributed by atoms with Crippen molar-refractivity contribution < 1.29 is 38.8 Å². The lowest BCUT2D eigenvalue weighted by Crippen LogP contribution is -2.71. The van der Waals surface area contributed by atoms with Crippen molar-refractivity contribution >= 4 is 92.7 Å². The van der Waals surface area contributed by atoms with Crippen molar-refractivity contribution in [3.05, 3.63) is 57.7 Å². The molecule has 2 aliphatic rings. The Morgan fingerprint density at radius 1 is 1.21 bits per heavy atom. The van der Waals surface area contributed by atoms with E-state index in [2.05, 4.69) is 20.4 Å². The number of anilines is 3. The highest BCUT2D eigenvalue weighted by atomic mass is 35.5. The van der Waals surface area contributed by atoms with Crippen molar-refractivity contribution in [2.45, 2.75) is 36.0 Å². The number of rotatable bonds is 11. The number of carbonyl (C=O) groups excluding carboxylic acids is 2. The van der Waals surface area contributed by atoms with Crippen LogP contribution in [0.15, 0.2) is 57.3 Å². The number of nitrogens with zero attached hydrogens (tertiary/aromatic N) is 5. The lowest BCUT2D eigenvalue weighted by molar-refractivity contribution is -0.626. The molecule has 1 fully saturated rings. The number of amides is 2. The van der Waals surface area contributed by atoms with E-state index in [9.17, 15) is 29.4 Å². The van der Waals surface area contributed by atoms with Gasteiger partial charge in [0.05, 0.1) is 6.07 Å². The maximum absolute atomic E-state index is 13.3. The summed E-state index contributed by atoms with van der Waals surface area (Å²) in [5.41, 5.74) is 16.6. The molecule has 47 heavy (non-hydrogen) atoms. The van der Waals surface area contributed by atoms with E-state index in [0.717, 1.165) is 16.2 Å². The lowest BCUT2D eigenvalue weighted by Gasteiger charge is -2.49. The third-order valence-electron chi connectivity index (χ3n) is 6.83. The molecule has 0 aliphatic carbocycles. The Morgan fingerprint density at radius 2 is 1.91 bits per heavy atom. The Balaban J connectivity index is 1.36. The van der Waals surface area contributed by atoms with Crippen LogP contribution in [0.25, 0.3) is 5.69 Å². The average Bonchev–Trinajstić information content (AvgIpc) is 3.44. The normalized spacial score (nSPS) is 18.0. The SMILES string of the molecule is CC(C)(O/N=C(\C(=O)NC1C(=O)N2C(C(=O)O)=C(CSc3nc(N)cc(N)[n+]3-c3ccc(Cl)cc3)CSC12)c1csc(N)n1)C(=O)O. The predicted molar refractivity (Wildman–Crippen MR) is 176 cm³/mol. The fourth-order valence-corrected chi connectivity index (χ4v) is 7.62. The van der Waals surface area contributed by atoms with Gasteiger partial charge in [-0.3, -0.25) is 14.5 Å². The molecule has 246 valence electrons. The van der Waals surface area contributed by atoms with Gasteiger partial charge in [-0.2, -0.15) is 4.57 Å². The number of thioether (sulfide) groups is 2. The summed E-state index contributed by atoms with van der Waals surface area (Å²) in [6, 6.07) is 7.24. The molecule has 2 aromatic heterocycles. The summed E-state index contributed by atoms with van der Waals surface area (Å²) < 4.78 is 1.65. The number of β-lactam (4-membered cyclic amide) rings is 1. The van der Waals surface area contributed by atoms with Crippen LogP contribution in [0.4, 0.5) is 16.8 Å². The third-order valence-corrected chi connectivity index (χ3v) is 10.1. The molecular formula is C27H27ClN9O7S3+. The number of benzene rings is 1. The molecule has 0 radical (unpaired) electrons. The van der Waals surface area contributed by atoms with Crippen LogP contribution in [0, 0.1) is 0 Å². The number of carbonyl (C=O) groups is 4. The van der Waals surface area contributed by atoms with Gasteiger partial charge in [-0.25, -0.2) is 14.6 Å². The fraction of sp³-hybridized carbons (Fsp3) is 0.259. The fourth-order valence-electron chi connectivity index (χ4n) is 4.42. The first-order valence-electron chi connectivity index (χ1n) is 13.5. The summed E-state index contributed by atoms with van der Waals surface area (Å²) in [6.07, 6.45) is 0. The minimum Gasteiger partial charge on any atom is -0.478 e. The number of hydrogen-bond acceptors (Lipinski definition) is 14. The first-order chi connectivity index (χ1) is 22.2. The summed E-state index contributed by atoms with van der Waals surface area (Å²) in [7, 11) is 0. The van der Waals surface area contributed by atoms with Crippen LogP contribution < -0.4 is 27.1 Å². The highest BCUT2D eigenvalue weighted by Gasteiger charge is 2.54. The third kappa shape index (κ3) is 6.92. The Hall–Kier alpha value is -4.59. The van der Waals surface area contributed by atoms with E-state index in [1.54, 1.807) is 28.8 Å². The number of hydrogen-bond donors (Lipinski definition) is 6. The molecule has 2 aliphatic heterocycles. The second kappa shape index (κ2) is 13.3. The van der Waals surface area contributed by atoms with Gasteiger partial charge in [-0.1, -0.05) is 21.7 Å². The van der Waals surface area contributed by atoms with Crippen LogP contribution in [0.3, 0.4) is 0 Å². The largest absolute Gasteiger partial charge is 0.478 e. The monoisotopic (exact) mass is 720 g/mol. The van der Waals surface area contributed by atoms with E-state index < -0.39 is 46.5 Å². The number of nitrogen functional groups attached to an aromatic ring is 3. The van der Waals surface area contributed by atoms with Crippen molar-refractivity contribution in [1.82, 2.24) is 20.2 Å². The zero-order chi connectivity index (χ0) is 34.2. The number of aliphatic carboxylic acids is 2. The van der Waals surface area contributed by atoms with Gasteiger partial charge in [0.15, 0.2) is 10.8 Å². The Morgan fingerprint density at radius 3 is 2.53 bits per heavy atom. The number of halogens is 1. The van der Waals surface area contributed by atoms with Crippen LogP contribution in [-0.2, 0) is 24.0 Å². The van der Waals surface area contributed by atoms with Crippen molar-refractivity contribution in [3.8, 4) is 5.69 Å². The van der Waals surface area contributed by atoms with Crippen LogP contribution in [0.1, 0.15) is 19.5 Å². The smallest absolute Gasteiger partial charge is 0.352 e. The molecule has 4 heterocycles. The summed E-state index contributed by atoms with van der Waals surface area (Å²) in [5.74, 6) is -3.41. The Labute approximate surface area is 284 Å². The molecule has 5 rings (SSSR count). The highest BCUT2D eigenvalue weighted by Crippen LogP contribution is 2.41. The Kier molecular flexibility index (Phi) is 9.53. The van der Waals surface area contributed by atoms with Gasteiger partial charge in [-0.15, -0.1) is 23.1 Å². The first-order valence-corrected chi connectivity index (χ1v) is 16.8. The van der Waals surface area contributed by atoms with Crippen molar-refractivity contribution in [2.24, 2.45) is 5.16 Å². The van der Waals surface area contributed by atoms with Gasteiger partial charge >= 0.3 is 17.1 Å². The quantitative estimate of drug-likeness (QED) is 0.0408. The molecule has 1 aromatic carbocycles. The van der Waals surface area contributed by atoms with Crippen molar-refractivity contribution in [1.29, 1.82) is 0 Å². The molecule has 2 atom stereocenters. The number of oxime groups is 1. The number of nitrogens with one attached hydrogen (secondary N) is 1. The van der Waals surface area contributed by atoms with E-state index in [1.165, 1.54) is 48.8 Å². The maximum Gasteiger partial charge on any atom is 0.352 e. The van der Waals surface area contributed by atoms with E-state index in [-0.39, 0.29) is 33.8 Å². The second-order valence-corrected chi connectivity index (χ2v) is 13.9. The molecule has 2 unspecified atom stereocenters. The molecule has 3 aromatic rings. The molecule has 16 nitrogen and oxygen atoms in total. The topological polar surface area (TPSA) is 253 Å². The highest BCUT2D eigenvalue weighted by molar-refractivity contribution is 8.01. The van der Waals surface area contributed by atoms with Gasteiger partial charge < -0.3 is 37.6 Å². The molecule has 2 amide bonds. The number of thiazole rings is 1. The van der Waals surface area contributed by atoms with Crippen LogP contribution in [0.2, 0.25) is 5.02 Å². The number of carboxylic acids is 2. The Bertz CT molecular complexity index is 1850. The lowest BCUT2D eigenvalue weighted by atomic mass is 10.0. The van der Waals surface area contributed by atoms with Crippen LogP contribution >= 0.6 is 46.5 Å². The number of carboxylic acid groups (broad SMARTS) is 2. The molecule has 0 spiro atoms. The average molecular weight is 721 g/mol. The summed E-state index contributed by atoms with van der Waals surface area (Å²) in [6.45, 7) is 2.47. The van der Waals surface area contributed by atoms with Crippen molar-refractivity contribution in [2.75, 3.05) is 28.7 Å². The molecule has 0 bridgehead atoms. The molecule has 1 saturated heterocycles. The summed E-state index contributed by atoms with van der Waals surface area (Å²) in [4.78, 5) is 65.3. The minimum absolute atomic E-state index is 0.00295. The maximum atomic E-state index is 13.3. The zero-order valence-electron chi connectivity index (χ0n) is 24.5. The van der Waals surface area contributed by atoms with E-state index >= 15 is 0 Å². The molecular weight excluding hydrogens is 694 g/mol. The molecule has 9 N–H and O–H groups in total. The minimum atomic E-state index is -1.79. The standard InChI is InChI=1S/C27H26ClN9O7S3/c1-27(2,24(42)43)44-35-17(14-10-46-25(31)32-14)20(38)34-18-21(39)37-19(23(40)41)11(8-45-22(18)37)9-47-26-33-15(29)7-16(30)36(26)13-5-3-12(28)4-6-13/h3-7,10,18,22H,8-9H2,1-2H3,(H8,29,30,31,32,34,38,40,41,42,43)/p+1/b35-17-. The first kappa shape index (κ1) is 33.8. The molecule has 0 saturated carbocycles. The predicted octanol–water partition coefficient (Wildman–Crippen LogP) is 1.33. The zero-order valence-corrected chi connectivity index (χ0v) is 27.7. The number of nitrogens with two attached hydrogens (primary N) is 3. The van der Waals surface area contributed by atoms with E-state index in [1.807, 2.05) is 0 Å².